The number of phenols is 3. The zero-order valence-electron chi connectivity index (χ0n) is 19.0. The second-order valence-electron chi connectivity index (χ2n) is 9.19. The number of aryl methyl sites for hydroxylation is 1. The number of para-hydroxylation sites is 2. The molecule has 0 spiro atoms. The van der Waals surface area contributed by atoms with Gasteiger partial charge in [-0.25, -0.2) is 0 Å². The van der Waals surface area contributed by atoms with Crippen molar-refractivity contribution in [2.24, 2.45) is 0 Å². The topological polar surface area (TPSA) is 60.7 Å². The molecule has 5 rings (SSSR count). The van der Waals surface area contributed by atoms with Gasteiger partial charge < -0.3 is 15.3 Å². The van der Waals surface area contributed by atoms with E-state index in [2.05, 4.69) is 25.1 Å². The number of rotatable bonds is 0. The third-order valence-electron chi connectivity index (χ3n) is 6.90. The highest BCUT2D eigenvalue weighted by Gasteiger charge is 2.18. The van der Waals surface area contributed by atoms with Crippen LogP contribution in [0.3, 0.4) is 0 Å². The molecule has 166 valence electrons. The summed E-state index contributed by atoms with van der Waals surface area (Å²) in [5.74, 6) is 0.806. The Morgan fingerprint density at radius 1 is 0.455 bits per heavy atom. The van der Waals surface area contributed by atoms with Crippen molar-refractivity contribution in [3.63, 3.8) is 0 Å². The van der Waals surface area contributed by atoms with E-state index in [1.807, 2.05) is 55.5 Å². The van der Waals surface area contributed by atoms with Gasteiger partial charge in [-0.15, -0.1) is 0 Å². The van der Waals surface area contributed by atoms with Crippen molar-refractivity contribution in [3.05, 3.63) is 122 Å². The smallest absolute Gasteiger partial charge is 0.122 e. The van der Waals surface area contributed by atoms with Crippen LogP contribution in [-0.2, 0) is 25.7 Å². The minimum absolute atomic E-state index is 0.220. The van der Waals surface area contributed by atoms with E-state index in [0.29, 0.717) is 31.4 Å². The first kappa shape index (κ1) is 21.1. The maximum Gasteiger partial charge on any atom is 0.122 e. The summed E-state index contributed by atoms with van der Waals surface area (Å²) in [5.41, 5.74) is 9.47. The van der Waals surface area contributed by atoms with Crippen LogP contribution in [0.15, 0.2) is 66.7 Å². The molecule has 1 aliphatic rings. The number of hydrogen-bond acceptors (Lipinski definition) is 3. The summed E-state index contributed by atoms with van der Waals surface area (Å²) in [4.78, 5) is 0. The minimum Gasteiger partial charge on any atom is -0.507 e. The molecule has 4 aromatic rings. The fourth-order valence-corrected chi connectivity index (χ4v) is 5.00. The second-order valence-corrected chi connectivity index (χ2v) is 9.19. The van der Waals surface area contributed by atoms with Gasteiger partial charge in [0, 0.05) is 25.7 Å². The lowest BCUT2D eigenvalue weighted by Crippen LogP contribution is -2.02. The Kier molecular flexibility index (Phi) is 5.33. The fourth-order valence-electron chi connectivity index (χ4n) is 5.00. The highest BCUT2D eigenvalue weighted by Crippen LogP contribution is 2.36. The zero-order valence-corrected chi connectivity index (χ0v) is 19.0. The molecule has 33 heavy (non-hydrogen) atoms. The molecule has 0 saturated heterocycles. The lowest BCUT2D eigenvalue weighted by Gasteiger charge is -2.18. The van der Waals surface area contributed by atoms with Gasteiger partial charge in [-0.05, 0) is 63.9 Å². The van der Waals surface area contributed by atoms with Gasteiger partial charge in [0.15, 0.2) is 0 Å². The Labute approximate surface area is 194 Å². The van der Waals surface area contributed by atoms with Crippen LogP contribution in [-0.4, -0.2) is 15.3 Å². The lowest BCUT2D eigenvalue weighted by molar-refractivity contribution is 0.454. The molecule has 0 aromatic heterocycles. The first-order chi connectivity index (χ1) is 15.9. The van der Waals surface area contributed by atoms with Gasteiger partial charge in [-0.3, -0.25) is 0 Å². The van der Waals surface area contributed by atoms with E-state index in [-0.39, 0.29) is 11.5 Å². The van der Waals surface area contributed by atoms with Gasteiger partial charge in [0.1, 0.15) is 17.2 Å². The Bertz CT molecular complexity index is 1270. The van der Waals surface area contributed by atoms with Crippen molar-refractivity contribution in [1.29, 1.82) is 0 Å². The van der Waals surface area contributed by atoms with E-state index in [9.17, 15) is 15.3 Å². The molecule has 0 fully saturated rings. The molecular formula is C30H28O3. The van der Waals surface area contributed by atoms with Crippen LogP contribution < -0.4 is 0 Å². The van der Waals surface area contributed by atoms with Crippen LogP contribution in [0.2, 0.25) is 0 Å². The van der Waals surface area contributed by atoms with E-state index in [4.69, 9.17) is 0 Å². The average Bonchev–Trinajstić information content (AvgIpc) is 2.78. The van der Waals surface area contributed by atoms with Crippen molar-refractivity contribution in [1.82, 2.24) is 0 Å². The number of phenolic OH excluding ortho intramolecular Hbond substituents is 3. The highest BCUT2D eigenvalue weighted by atomic mass is 16.3. The summed E-state index contributed by atoms with van der Waals surface area (Å²) in [7, 11) is 0. The van der Waals surface area contributed by atoms with Gasteiger partial charge >= 0.3 is 0 Å². The summed E-state index contributed by atoms with van der Waals surface area (Å²) < 4.78 is 0. The normalized spacial score (nSPS) is 13.0. The average molecular weight is 437 g/mol. The third kappa shape index (κ3) is 3.95. The van der Waals surface area contributed by atoms with Crippen LogP contribution in [0.4, 0.5) is 0 Å². The third-order valence-corrected chi connectivity index (χ3v) is 6.90. The number of aromatic hydroxyl groups is 3. The number of hydrogen-bond donors (Lipinski definition) is 3. The molecule has 0 aliphatic heterocycles. The molecule has 4 aromatic carbocycles. The molecule has 3 heteroatoms. The largest absolute Gasteiger partial charge is 0.507 e. The van der Waals surface area contributed by atoms with Gasteiger partial charge in [-0.2, -0.15) is 0 Å². The van der Waals surface area contributed by atoms with Crippen molar-refractivity contribution in [2.45, 2.75) is 39.5 Å². The number of benzene rings is 4. The van der Waals surface area contributed by atoms with Crippen molar-refractivity contribution in [2.75, 3.05) is 0 Å². The molecule has 0 atom stereocenters. The molecule has 3 nitrogen and oxygen atoms in total. The highest BCUT2D eigenvalue weighted by molar-refractivity contribution is 5.54. The van der Waals surface area contributed by atoms with Crippen LogP contribution in [0, 0.1) is 13.8 Å². The first-order valence-corrected chi connectivity index (χ1v) is 11.4. The molecule has 0 saturated carbocycles. The minimum atomic E-state index is 0.220. The standard InChI is InChI=1S/C30H28O3/c1-18-12-26-15-21-7-3-6-20(19(21)2)14-22-8-4-9-23(28(22)31)16-24-10-5-11-25(29(24)32)17-27(13-18)30(26)33/h3-13,31-33H,14-17H2,1-2H3. The van der Waals surface area contributed by atoms with Crippen LogP contribution in [0.1, 0.15) is 55.6 Å². The lowest BCUT2D eigenvalue weighted by atomic mass is 9.89. The zero-order chi connectivity index (χ0) is 23.1. The summed E-state index contributed by atoms with van der Waals surface area (Å²) in [5, 5.41) is 33.3. The maximum absolute atomic E-state index is 11.2. The Hall–Kier alpha value is -3.72. The predicted octanol–water partition coefficient (Wildman–Crippen LogP) is 6.10. The maximum atomic E-state index is 11.2. The molecule has 0 unspecified atom stereocenters. The van der Waals surface area contributed by atoms with Crippen LogP contribution in [0.25, 0.3) is 0 Å². The predicted molar refractivity (Wildman–Crippen MR) is 131 cm³/mol. The molecule has 0 heterocycles. The molecule has 3 N–H and O–H groups in total. The Balaban J connectivity index is 1.73. The molecular weight excluding hydrogens is 408 g/mol. The van der Waals surface area contributed by atoms with Gasteiger partial charge in [0.25, 0.3) is 0 Å². The molecule has 0 amide bonds. The monoisotopic (exact) mass is 436 g/mol. The summed E-state index contributed by atoms with van der Waals surface area (Å²) in [6.45, 7) is 4.16. The van der Waals surface area contributed by atoms with E-state index in [1.54, 1.807) is 0 Å². The van der Waals surface area contributed by atoms with Crippen LogP contribution in [0.5, 0.6) is 17.2 Å². The summed E-state index contributed by atoms with van der Waals surface area (Å²) >= 11 is 0. The Morgan fingerprint density at radius 3 is 1.21 bits per heavy atom. The SMILES string of the molecule is Cc1cc2c(O)c(c1)Cc1cccc(c1O)Cc1cccc(c1O)Cc1cccc(c1C)C2. The van der Waals surface area contributed by atoms with E-state index >= 15 is 0 Å². The summed E-state index contributed by atoms with van der Waals surface area (Å²) in [6, 6.07) is 21.9. The van der Waals surface area contributed by atoms with Gasteiger partial charge in [0.2, 0.25) is 0 Å². The molecule has 8 bridgehead atoms. The second kappa shape index (κ2) is 8.32. The summed E-state index contributed by atoms with van der Waals surface area (Å²) in [6.07, 6.45) is 2.11. The van der Waals surface area contributed by atoms with Crippen molar-refractivity contribution < 1.29 is 15.3 Å². The number of fused-ring (bicyclic) bond motifs is 8. The van der Waals surface area contributed by atoms with E-state index in [1.165, 1.54) is 5.56 Å². The van der Waals surface area contributed by atoms with Gasteiger partial charge in [0.05, 0.1) is 0 Å². The quantitative estimate of drug-likeness (QED) is 0.275. The molecule has 0 radical (unpaired) electrons. The van der Waals surface area contributed by atoms with Crippen LogP contribution >= 0.6 is 0 Å². The van der Waals surface area contributed by atoms with E-state index < -0.39 is 0 Å². The van der Waals surface area contributed by atoms with Gasteiger partial charge in [-0.1, -0.05) is 72.3 Å². The fraction of sp³-hybridized carbons (Fsp3) is 0.200. The Morgan fingerprint density at radius 2 is 0.758 bits per heavy atom. The van der Waals surface area contributed by atoms with E-state index in [0.717, 1.165) is 50.1 Å². The molecule has 1 aliphatic carbocycles. The first-order valence-electron chi connectivity index (χ1n) is 11.4. The van der Waals surface area contributed by atoms with Crippen molar-refractivity contribution in [3.8, 4) is 17.2 Å². The van der Waals surface area contributed by atoms with Crippen molar-refractivity contribution >= 4 is 0 Å².